The summed E-state index contributed by atoms with van der Waals surface area (Å²) < 4.78 is 0. The van der Waals surface area contributed by atoms with Crippen molar-refractivity contribution in [2.24, 2.45) is 0 Å². The molecule has 0 saturated carbocycles. The molecule has 0 amide bonds. The van der Waals surface area contributed by atoms with E-state index in [0.717, 1.165) is 0 Å². The van der Waals surface area contributed by atoms with Gasteiger partial charge >= 0.3 is 0 Å². The Bertz CT molecular complexity index is 85.7. The third kappa shape index (κ3) is 2.64. The zero-order valence-electron chi connectivity index (χ0n) is 6.91. The van der Waals surface area contributed by atoms with Gasteiger partial charge in [0.2, 0.25) is 0 Å². The molecule has 3 heteroatoms. The van der Waals surface area contributed by atoms with Crippen LogP contribution in [0, 0.1) is 0 Å². The highest BCUT2D eigenvalue weighted by molar-refractivity contribution is 4.58. The van der Waals surface area contributed by atoms with E-state index in [-0.39, 0.29) is 0 Å². The highest BCUT2D eigenvalue weighted by Gasteiger charge is 2.15. The van der Waals surface area contributed by atoms with Crippen LogP contribution in [-0.2, 0) is 0 Å². The summed E-state index contributed by atoms with van der Waals surface area (Å²) in [6, 6.07) is 0. The van der Waals surface area contributed by atoms with Crippen LogP contribution in [0.4, 0.5) is 0 Å². The zero-order chi connectivity index (χ0) is 8.15. The van der Waals surface area contributed by atoms with Crippen molar-refractivity contribution >= 4 is 0 Å². The summed E-state index contributed by atoms with van der Waals surface area (Å²) in [5.41, 5.74) is 0. The van der Waals surface area contributed by atoms with E-state index in [0.29, 0.717) is 13.0 Å². The molecule has 0 aromatic heterocycles. The van der Waals surface area contributed by atoms with Crippen LogP contribution in [0.1, 0.15) is 27.2 Å². The van der Waals surface area contributed by atoms with E-state index in [9.17, 15) is 5.11 Å². The Morgan fingerprint density at radius 3 is 1.90 bits per heavy atom. The average Bonchev–Trinajstić information content (AvgIpc) is 1.88. The minimum absolute atomic E-state index is 0.509. The lowest BCUT2D eigenvalue weighted by molar-refractivity contribution is -0.0908. The number of aliphatic hydroxyl groups is 2. The van der Waals surface area contributed by atoms with Crippen molar-refractivity contribution in [1.82, 2.24) is 4.90 Å². The maximum absolute atomic E-state index is 9.25. The van der Waals surface area contributed by atoms with Gasteiger partial charge in [0.15, 0.2) is 0 Å². The van der Waals surface area contributed by atoms with Crippen molar-refractivity contribution in [3.05, 3.63) is 0 Å². The van der Waals surface area contributed by atoms with Gasteiger partial charge in [-0.05, 0) is 13.3 Å². The molecule has 0 heterocycles. The molecule has 0 radical (unpaired) electrons. The maximum Gasteiger partial charge on any atom is 0.109 e. The first-order chi connectivity index (χ1) is 4.63. The first kappa shape index (κ1) is 9.88. The first-order valence-electron chi connectivity index (χ1n) is 3.75. The summed E-state index contributed by atoms with van der Waals surface area (Å²) in [4.78, 5) is 1.62. The SMILES string of the molecule is CCC(O)N(CC)C(C)O. The second kappa shape index (κ2) is 4.66. The molecule has 0 aliphatic heterocycles. The van der Waals surface area contributed by atoms with Crippen molar-refractivity contribution in [2.75, 3.05) is 6.54 Å². The van der Waals surface area contributed by atoms with E-state index in [4.69, 9.17) is 5.11 Å². The second-order valence-electron chi connectivity index (χ2n) is 2.35. The third-order valence-corrected chi connectivity index (χ3v) is 1.59. The predicted molar refractivity (Wildman–Crippen MR) is 40.4 cm³/mol. The molecule has 2 unspecified atom stereocenters. The molecule has 2 N–H and O–H groups in total. The van der Waals surface area contributed by atoms with Crippen molar-refractivity contribution in [2.45, 2.75) is 39.6 Å². The van der Waals surface area contributed by atoms with Crippen LogP contribution in [0.25, 0.3) is 0 Å². The quantitative estimate of drug-likeness (QED) is 0.565. The summed E-state index contributed by atoms with van der Waals surface area (Å²) in [6.07, 6.45) is -0.413. The van der Waals surface area contributed by atoms with Crippen LogP contribution in [0.3, 0.4) is 0 Å². The molecule has 0 fully saturated rings. The topological polar surface area (TPSA) is 43.7 Å². The number of hydrogen-bond acceptors (Lipinski definition) is 3. The van der Waals surface area contributed by atoms with Crippen LogP contribution in [0.5, 0.6) is 0 Å². The molecule has 62 valence electrons. The number of aliphatic hydroxyl groups excluding tert-OH is 2. The van der Waals surface area contributed by atoms with Gasteiger partial charge < -0.3 is 10.2 Å². The van der Waals surface area contributed by atoms with Crippen LogP contribution < -0.4 is 0 Å². The molecule has 0 rings (SSSR count). The van der Waals surface area contributed by atoms with E-state index in [1.54, 1.807) is 11.8 Å². The van der Waals surface area contributed by atoms with Crippen molar-refractivity contribution < 1.29 is 10.2 Å². The van der Waals surface area contributed by atoms with E-state index < -0.39 is 12.5 Å². The lowest BCUT2D eigenvalue weighted by Crippen LogP contribution is -2.41. The summed E-state index contributed by atoms with van der Waals surface area (Å²) in [7, 11) is 0. The molecule has 0 spiro atoms. The van der Waals surface area contributed by atoms with Gasteiger partial charge in [0.05, 0.1) is 0 Å². The van der Waals surface area contributed by atoms with E-state index in [1.165, 1.54) is 0 Å². The monoisotopic (exact) mass is 147 g/mol. The minimum atomic E-state index is -0.556. The fourth-order valence-corrected chi connectivity index (χ4v) is 0.959. The molecule has 2 atom stereocenters. The largest absolute Gasteiger partial charge is 0.379 e. The molecular weight excluding hydrogens is 130 g/mol. The van der Waals surface area contributed by atoms with Crippen LogP contribution >= 0.6 is 0 Å². The lowest BCUT2D eigenvalue weighted by atomic mass is 10.3. The summed E-state index contributed by atoms with van der Waals surface area (Å²) >= 11 is 0. The zero-order valence-corrected chi connectivity index (χ0v) is 6.91. The Morgan fingerprint density at radius 2 is 1.80 bits per heavy atom. The highest BCUT2D eigenvalue weighted by Crippen LogP contribution is 2.03. The van der Waals surface area contributed by atoms with E-state index >= 15 is 0 Å². The molecular formula is C7H17NO2. The molecule has 0 aliphatic rings. The van der Waals surface area contributed by atoms with Gasteiger partial charge in [-0.15, -0.1) is 0 Å². The molecule has 0 saturated heterocycles. The molecule has 0 aromatic rings. The standard InChI is InChI=1S/C7H17NO2/c1-4-7(10)8(5-2)6(3)9/h6-7,9-10H,4-5H2,1-3H3. The van der Waals surface area contributed by atoms with Gasteiger partial charge in [-0.2, -0.15) is 0 Å². The fraction of sp³-hybridized carbons (Fsp3) is 1.00. The Hall–Kier alpha value is -0.120. The molecule has 0 aromatic carbocycles. The smallest absolute Gasteiger partial charge is 0.109 e. The van der Waals surface area contributed by atoms with Crippen molar-refractivity contribution in [3.63, 3.8) is 0 Å². The Morgan fingerprint density at radius 1 is 1.30 bits per heavy atom. The van der Waals surface area contributed by atoms with Crippen molar-refractivity contribution in [1.29, 1.82) is 0 Å². The van der Waals surface area contributed by atoms with Crippen LogP contribution in [-0.4, -0.2) is 34.1 Å². The summed E-state index contributed by atoms with van der Waals surface area (Å²) in [5.74, 6) is 0. The fourth-order valence-electron chi connectivity index (χ4n) is 0.959. The van der Waals surface area contributed by atoms with Gasteiger partial charge in [-0.25, -0.2) is 0 Å². The van der Waals surface area contributed by atoms with Crippen LogP contribution in [0.2, 0.25) is 0 Å². The maximum atomic E-state index is 9.25. The van der Waals surface area contributed by atoms with Gasteiger partial charge in [0.1, 0.15) is 12.5 Å². The molecule has 0 bridgehead atoms. The molecule has 0 aliphatic carbocycles. The lowest BCUT2D eigenvalue weighted by Gasteiger charge is -2.27. The van der Waals surface area contributed by atoms with Crippen LogP contribution in [0.15, 0.2) is 0 Å². The van der Waals surface area contributed by atoms with Gasteiger partial charge in [0.25, 0.3) is 0 Å². The van der Waals surface area contributed by atoms with Gasteiger partial charge in [0, 0.05) is 6.54 Å². The minimum Gasteiger partial charge on any atom is -0.379 e. The third-order valence-electron chi connectivity index (χ3n) is 1.59. The predicted octanol–water partition coefficient (Wildman–Crippen LogP) is 0.375. The summed E-state index contributed by atoms with van der Waals surface area (Å²) in [5, 5.41) is 18.3. The van der Waals surface area contributed by atoms with Gasteiger partial charge in [-0.1, -0.05) is 13.8 Å². The summed E-state index contributed by atoms with van der Waals surface area (Å²) in [6.45, 7) is 6.12. The number of hydrogen-bond donors (Lipinski definition) is 2. The first-order valence-corrected chi connectivity index (χ1v) is 3.75. The van der Waals surface area contributed by atoms with E-state index in [1.807, 2.05) is 13.8 Å². The van der Waals surface area contributed by atoms with Gasteiger partial charge in [-0.3, -0.25) is 4.90 Å². The Labute approximate surface area is 62.3 Å². The van der Waals surface area contributed by atoms with E-state index in [2.05, 4.69) is 0 Å². The van der Waals surface area contributed by atoms with Crippen molar-refractivity contribution in [3.8, 4) is 0 Å². The Kier molecular flexibility index (Phi) is 4.60. The average molecular weight is 147 g/mol. The second-order valence-corrected chi connectivity index (χ2v) is 2.35. The normalized spacial score (nSPS) is 17.4. The number of nitrogens with zero attached hydrogens (tertiary/aromatic N) is 1. The number of rotatable bonds is 4. The highest BCUT2D eigenvalue weighted by atomic mass is 16.3. The molecule has 3 nitrogen and oxygen atoms in total. The molecule has 10 heavy (non-hydrogen) atoms. The Balaban J connectivity index is 3.80.